The summed E-state index contributed by atoms with van der Waals surface area (Å²) in [6, 6.07) is 75.5. The molecular formula is C56H36N4. The Labute approximate surface area is 350 Å². The van der Waals surface area contributed by atoms with Crippen LogP contribution in [0.25, 0.3) is 34.4 Å². The van der Waals surface area contributed by atoms with Gasteiger partial charge in [-0.2, -0.15) is 10.5 Å². The molecule has 8 aromatic carbocycles. The second-order valence-corrected chi connectivity index (χ2v) is 14.7. The standard InChI is InChI=1S/C56H36N4/c57-37-51(41-31-27-39(28-32-41)35-49-45-19-7-11-23-53(45)59(43-15-3-1-4-16-43)54-24-12-8-20-46(49)54)52(38-58)42-33-29-40(30-34-42)36-50-47-21-9-13-25-55(47)60(44-17-5-2-6-18-44)56-26-14-10-22-48(50)56/h1-36H/b52-51+. The summed E-state index contributed by atoms with van der Waals surface area (Å²) in [5.41, 5.74) is 17.5. The number of rotatable bonds is 6. The number of hydrogen-bond donors (Lipinski definition) is 0. The predicted octanol–water partition coefficient (Wildman–Crippen LogP) is 14.4. The summed E-state index contributed by atoms with van der Waals surface area (Å²) >= 11 is 0. The first-order chi connectivity index (χ1) is 29.7. The van der Waals surface area contributed by atoms with Crippen LogP contribution in [0.5, 0.6) is 0 Å². The lowest BCUT2D eigenvalue weighted by Gasteiger charge is -2.34. The maximum atomic E-state index is 10.5. The van der Waals surface area contributed by atoms with Crippen LogP contribution < -0.4 is 9.80 Å². The highest BCUT2D eigenvalue weighted by atomic mass is 15.2. The van der Waals surface area contributed by atoms with Gasteiger partial charge >= 0.3 is 0 Å². The second-order valence-electron chi connectivity index (χ2n) is 14.7. The molecule has 0 unspecified atom stereocenters. The van der Waals surface area contributed by atoms with E-state index in [0.717, 1.165) is 78.7 Å². The molecule has 0 saturated heterocycles. The van der Waals surface area contributed by atoms with Crippen molar-refractivity contribution in [3.63, 3.8) is 0 Å². The molecule has 0 spiro atoms. The van der Waals surface area contributed by atoms with Crippen molar-refractivity contribution < 1.29 is 0 Å². The summed E-state index contributed by atoms with van der Waals surface area (Å²) in [6.45, 7) is 0. The first-order valence-corrected chi connectivity index (χ1v) is 20.0. The average molecular weight is 765 g/mol. The van der Waals surface area contributed by atoms with E-state index in [0.29, 0.717) is 22.3 Å². The van der Waals surface area contributed by atoms with Gasteiger partial charge in [-0.25, -0.2) is 0 Å². The average Bonchev–Trinajstić information content (AvgIpc) is 3.32. The number of nitriles is 2. The fraction of sp³-hybridized carbons (Fsp3) is 0. The van der Waals surface area contributed by atoms with Crippen LogP contribution in [0.15, 0.2) is 206 Å². The predicted molar refractivity (Wildman–Crippen MR) is 247 cm³/mol. The first kappa shape index (κ1) is 35.9. The molecule has 0 saturated carbocycles. The highest BCUT2D eigenvalue weighted by molar-refractivity contribution is 6.08. The van der Waals surface area contributed by atoms with Crippen molar-refractivity contribution in [3.05, 3.63) is 251 Å². The Kier molecular flexibility index (Phi) is 9.27. The molecule has 0 radical (unpaired) electrons. The summed E-state index contributed by atoms with van der Waals surface area (Å²) in [5, 5.41) is 21.0. The minimum atomic E-state index is 0.339. The number of nitrogens with zero attached hydrogens (tertiary/aromatic N) is 4. The van der Waals surface area contributed by atoms with Crippen molar-refractivity contribution in [2.75, 3.05) is 9.80 Å². The summed E-state index contributed by atoms with van der Waals surface area (Å²) in [5.74, 6) is 0. The van der Waals surface area contributed by atoms with Crippen molar-refractivity contribution in [1.29, 1.82) is 10.5 Å². The summed E-state index contributed by atoms with van der Waals surface area (Å²) in [4.78, 5) is 4.63. The highest BCUT2D eigenvalue weighted by Crippen LogP contribution is 2.50. The molecule has 0 aromatic heterocycles. The van der Waals surface area contributed by atoms with Gasteiger partial charge in [0.1, 0.15) is 12.1 Å². The molecule has 10 rings (SSSR count). The van der Waals surface area contributed by atoms with Gasteiger partial charge in [0.05, 0.1) is 33.9 Å². The third-order valence-electron chi connectivity index (χ3n) is 11.3. The number of allylic oxidation sites excluding steroid dienone is 2. The molecule has 280 valence electrons. The molecule has 2 heterocycles. The number of hydrogen-bond acceptors (Lipinski definition) is 4. The summed E-state index contributed by atoms with van der Waals surface area (Å²) in [6.07, 6.45) is 4.42. The van der Waals surface area contributed by atoms with Gasteiger partial charge in [0.15, 0.2) is 0 Å². The number of anilines is 6. The zero-order chi connectivity index (χ0) is 40.4. The minimum Gasteiger partial charge on any atom is -0.309 e. The zero-order valence-electron chi connectivity index (χ0n) is 32.6. The molecule has 0 amide bonds. The lowest BCUT2D eigenvalue weighted by atomic mass is 9.88. The van der Waals surface area contributed by atoms with Gasteiger partial charge in [0, 0.05) is 33.6 Å². The van der Waals surface area contributed by atoms with E-state index in [1.165, 1.54) is 0 Å². The van der Waals surface area contributed by atoms with Gasteiger partial charge in [-0.15, -0.1) is 0 Å². The molecule has 60 heavy (non-hydrogen) atoms. The van der Waals surface area contributed by atoms with Gasteiger partial charge in [-0.05, 0) is 94.1 Å². The zero-order valence-corrected chi connectivity index (χ0v) is 32.6. The Hall–Kier alpha value is -8.44. The number of para-hydroxylation sites is 6. The Balaban J connectivity index is 0.975. The van der Waals surface area contributed by atoms with Crippen LogP contribution in [-0.2, 0) is 0 Å². The van der Waals surface area contributed by atoms with E-state index in [2.05, 4.69) is 180 Å². The van der Waals surface area contributed by atoms with Crippen LogP contribution in [-0.4, -0.2) is 0 Å². The molecular weight excluding hydrogens is 729 g/mol. The van der Waals surface area contributed by atoms with E-state index in [1.54, 1.807) is 0 Å². The molecule has 0 aliphatic carbocycles. The maximum absolute atomic E-state index is 10.5. The smallest absolute Gasteiger partial charge is 0.101 e. The fourth-order valence-corrected chi connectivity index (χ4v) is 8.51. The third kappa shape index (κ3) is 6.36. The van der Waals surface area contributed by atoms with E-state index in [9.17, 15) is 10.5 Å². The van der Waals surface area contributed by atoms with Crippen molar-refractivity contribution in [1.82, 2.24) is 0 Å². The fourth-order valence-electron chi connectivity index (χ4n) is 8.51. The Morgan fingerprint density at radius 2 is 0.617 bits per heavy atom. The lowest BCUT2D eigenvalue weighted by molar-refractivity contribution is 1.24. The van der Waals surface area contributed by atoms with Crippen LogP contribution in [0.4, 0.5) is 34.1 Å². The van der Waals surface area contributed by atoms with E-state index < -0.39 is 0 Å². The number of benzene rings is 8. The Bertz CT molecular complexity index is 2780. The number of fused-ring (bicyclic) bond motifs is 4. The largest absolute Gasteiger partial charge is 0.309 e. The Morgan fingerprint density at radius 3 is 0.917 bits per heavy atom. The molecule has 4 heteroatoms. The first-order valence-electron chi connectivity index (χ1n) is 20.0. The molecule has 8 aromatic rings. The molecule has 0 fully saturated rings. The molecule has 2 aliphatic rings. The lowest BCUT2D eigenvalue weighted by Crippen LogP contribution is -2.17. The van der Waals surface area contributed by atoms with Crippen molar-refractivity contribution in [2.24, 2.45) is 0 Å². The van der Waals surface area contributed by atoms with E-state index in [4.69, 9.17) is 0 Å². The molecule has 2 aliphatic heterocycles. The van der Waals surface area contributed by atoms with Crippen LogP contribution in [0.2, 0.25) is 0 Å². The Morgan fingerprint density at radius 1 is 0.333 bits per heavy atom. The van der Waals surface area contributed by atoms with Crippen LogP contribution in [0, 0.1) is 22.7 Å². The third-order valence-corrected chi connectivity index (χ3v) is 11.3. The van der Waals surface area contributed by atoms with Crippen molar-refractivity contribution in [2.45, 2.75) is 0 Å². The van der Waals surface area contributed by atoms with Crippen LogP contribution in [0.3, 0.4) is 0 Å². The van der Waals surface area contributed by atoms with Gasteiger partial charge in [0.25, 0.3) is 0 Å². The maximum Gasteiger partial charge on any atom is 0.101 e. The topological polar surface area (TPSA) is 54.1 Å². The molecule has 0 bridgehead atoms. The molecule has 4 nitrogen and oxygen atoms in total. The monoisotopic (exact) mass is 764 g/mol. The van der Waals surface area contributed by atoms with Crippen LogP contribution >= 0.6 is 0 Å². The highest BCUT2D eigenvalue weighted by Gasteiger charge is 2.28. The van der Waals surface area contributed by atoms with E-state index >= 15 is 0 Å². The van der Waals surface area contributed by atoms with Gasteiger partial charge in [-0.1, -0.05) is 158 Å². The minimum absolute atomic E-state index is 0.339. The summed E-state index contributed by atoms with van der Waals surface area (Å²) < 4.78 is 0. The second kappa shape index (κ2) is 15.5. The van der Waals surface area contributed by atoms with Crippen molar-refractivity contribution >= 4 is 68.6 Å². The normalized spacial score (nSPS) is 12.8. The molecule has 0 atom stereocenters. The van der Waals surface area contributed by atoms with Crippen molar-refractivity contribution in [3.8, 4) is 12.1 Å². The van der Waals surface area contributed by atoms with Gasteiger partial charge in [0.2, 0.25) is 0 Å². The molecule has 0 N–H and O–H groups in total. The SMILES string of the molecule is N#C/C(=C(/C#N)c1ccc(C=C2c3ccccc3N(c3ccccc3)c3ccccc32)cc1)c1ccc(C=C2c3ccccc3N(c3ccccc3)c3ccccc32)cc1. The van der Waals surface area contributed by atoms with Gasteiger partial charge in [-0.3, -0.25) is 0 Å². The van der Waals surface area contributed by atoms with E-state index in [-0.39, 0.29) is 0 Å². The van der Waals surface area contributed by atoms with E-state index in [1.807, 2.05) is 60.7 Å². The van der Waals surface area contributed by atoms with Gasteiger partial charge < -0.3 is 9.80 Å². The summed E-state index contributed by atoms with van der Waals surface area (Å²) in [7, 11) is 0. The quantitative estimate of drug-likeness (QED) is 0.125. The van der Waals surface area contributed by atoms with Crippen LogP contribution in [0.1, 0.15) is 44.5 Å².